The minimum absolute atomic E-state index is 0.0194. The van der Waals surface area contributed by atoms with Crippen LogP contribution in [0.25, 0.3) is 0 Å². The highest BCUT2D eigenvalue weighted by atomic mass is 32.2. The van der Waals surface area contributed by atoms with Crippen molar-refractivity contribution in [1.29, 1.82) is 0 Å². The molecule has 0 aromatic carbocycles. The van der Waals surface area contributed by atoms with Crippen molar-refractivity contribution < 1.29 is 22.7 Å². The second kappa shape index (κ2) is 6.43. The maximum absolute atomic E-state index is 12.5. The van der Waals surface area contributed by atoms with Crippen molar-refractivity contribution in [2.75, 3.05) is 20.3 Å². The summed E-state index contributed by atoms with van der Waals surface area (Å²) >= 11 is 1.08. The zero-order chi connectivity index (χ0) is 15.6. The van der Waals surface area contributed by atoms with Crippen molar-refractivity contribution in [3.8, 4) is 0 Å². The van der Waals surface area contributed by atoms with Gasteiger partial charge >= 0.3 is 5.97 Å². The van der Waals surface area contributed by atoms with E-state index in [1.54, 1.807) is 12.3 Å². The average molecular weight is 333 g/mol. The molecule has 1 N–H and O–H groups in total. The third kappa shape index (κ3) is 3.45. The molecule has 0 radical (unpaired) electrons. The number of aryl methyl sites for hydroxylation is 1. The van der Waals surface area contributed by atoms with Crippen LogP contribution in [0.1, 0.15) is 28.6 Å². The number of methoxy groups -OCH3 is 1. The Morgan fingerprint density at radius 2 is 2.29 bits per heavy atom. The van der Waals surface area contributed by atoms with Gasteiger partial charge in [0.25, 0.3) is 0 Å². The van der Waals surface area contributed by atoms with Crippen LogP contribution >= 0.6 is 11.3 Å². The van der Waals surface area contributed by atoms with Crippen molar-refractivity contribution in [1.82, 2.24) is 4.72 Å². The van der Waals surface area contributed by atoms with Crippen molar-refractivity contribution in [3.63, 3.8) is 0 Å². The van der Waals surface area contributed by atoms with E-state index in [0.717, 1.165) is 17.8 Å². The SMILES string of the molecule is COC(=O)c1scc(C)c1S(=O)(=O)NCC1CCOC1C. The molecule has 1 saturated heterocycles. The smallest absolute Gasteiger partial charge is 0.349 e. The maximum atomic E-state index is 12.5. The molecule has 1 aromatic heterocycles. The Bertz CT molecular complexity index is 623. The molecule has 1 aliphatic rings. The summed E-state index contributed by atoms with van der Waals surface area (Å²) in [6.45, 7) is 4.55. The molecule has 0 amide bonds. The monoisotopic (exact) mass is 333 g/mol. The van der Waals surface area contributed by atoms with Gasteiger partial charge in [-0.05, 0) is 31.2 Å². The molecule has 1 aliphatic heterocycles. The van der Waals surface area contributed by atoms with E-state index in [4.69, 9.17) is 4.74 Å². The predicted octanol–water partition coefficient (Wildman–Crippen LogP) is 1.55. The normalized spacial score (nSPS) is 22.4. The minimum atomic E-state index is -3.74. The van der Waals surface area contributed by atoms with Gasteiger partial charge in [-0.2, -0.15) is 0 Å². The lowest BCUT2D eigenvalue weighted by atomic mass is 10.0. The van der Waals surface area contributed by atoms with E-state index in [2.05, 4.69) is 9.46 Å². The fourth-order valence-corrected chi connectivity index (χ4v) is 5.13. The molecule has 2 heterocycles. The molecule has 0 bridgehead atoms. The molecule has 0 saturated carbocycles. The largest absolute Gasteiger partial charge is 0.465 e. The van der Waals surface area contributed by atoms with E-state index >= 15 is 0 Å². The number of hydrogen-bond donors (Lipinski definition) is 1. The molecule has 2 rings (SSSR count). The van der Waals surface area contributed by atoms with E-state index < -0.39 is 16.0 Å². The zero-order valence-corrected chi connectivity index (χ0v) is 13.8. The Labute approximate surface area is 128 Å². The summed E-state index contributed by atoms with van der Waals surface area (Å²) in [6.07, 6.45) is 0.868. The first-order valence-corrected chi connectivity index (χ1v) is 9.00. The highest BCUT2D eigenvalue weighted by Gasteiger charge is 2.30. The molecule has 0 spiro atoms. The number of ether oxygens (including phenoxy) is 2. The number of thiophene rings is 1. The Hall–Kier alpha value is -0.960. The Kier molecular flexibility index (Phi) is 5.03. The summed E-state index contributed by atoms with van der Waals surface area (Å²) in [6, 6.07) is 0. The quantitative estimate of drug-likeness (QED) is 0.827. The van der Waals surface area contributed by atoms with Gasteiger partial charge < -0.3 is 9.47 Å². The molecule has 118 valence electrons. The Morgan fingerprint density at radius 1 is 1.57 bits per heavy atom. The summed E-state index contributed by atoms with van der Waals surface area (Å²) in [7, 11) is -2.51. The second-order valence-electron chi connectivity index (χ2n) is 5.05. The molecule has 6 nitrogen and oxygen atoms in total. The highest BCUT2D eigenvalue weighted by molar-refractivity contribution is 7.89. The highest BCUT2D eigenvalue weighted by Crippen LogP contribution is 2.28. The lowest BCUT2D eigenvalue weighted by Crippen LogP contribution is -2.32. The van der Waals surface area contributed by atoms with Crippen LogP contribution < -0.4 is 4.72 Å². The van der Waals surface area contributed by atoms with Crippen molar-refractivity contribution in [3.05, 3.63) is 15.8 Å². The fraction of sp³-hybridized carbons (Fsp3) is 0.615. The predicted molar refractivity (Wildman–Crippen MR) is 79.1 cm³/mol. The molecular weight excluding hydrogens is 314 g/mol. The Morgan fingerprint density at radius 3 is 2.86 bits per heavy atom. The summed E-state index contributed by atoms with van der Waals surface area (Å²) in [5, 5.41) is 1.64. The van der Waals surface area contributed by atoms with Gasteiger partial charge in [0, 0.05) is 19.1 Å². The molecule has 2 unspecified atom stereocenters. The Balaban J connectivity index is 2.19. The number of nitrogens with one attached hydrogen (secondary N) is 1. The van der Waals surface area contributed by atoms with Crippen LogP contribution in [0.4, 0.5) is 0 Å². The molecule has 1 aromatic rings. The summed E-state index contributed by atoms with van der Waals surface area (Å²) in [5.41, 5.74) is 0.545. The van der Waals surface area contributed by atoms with Crippen LogP contribution in [0.2, 0.25) is 0 Å². The standard InChI is InChI=1S/C13H19NO5S2/c1-8-7-20-11(13(15)18-3)12(8)21(16,17)14-6-10-4-5-19-9(10)2/h7,9-10,14H,4-6H2,1-3H3. The maximum Gasteiger partial charge on any atom is 0.349 e. The summed E-state index contributed by atoms with van der Waals surface area (Å²) in [5.74, 6) is -0.480. The first-order chi connectivity index (χ1) is 9.86. The molecule has 0 aliphatic carbocycles. The fourth-order valence-electron chi connectivity index (χ4n) is 2.33. The number of esters is 1. The van der Waals surface area contributed by atoms with E-state index in [1.165, 1.54) is 7.11 Å². The van der Waals surface area contributed by atoms with Gasteiger partial charge in [0.15, 0.2) is 0 Å². The molecule has 8 heteroatoms. The van der Waals surface area contributed by atoms with Crippen LogP contribution in [0.3, 0.4) is 0 Å². The lowest BCUT2D eigenvalue weighted by Gasteiger charge is -2.15. The van der Waals surface area contributed by atoms with Gasteiger partial charge in [-0.15, -0.1) is 11.3 Å². The minimum Gasteiger partial charge on any atom is -0.465 e. The average Bonchev–Trinajstić information content (AvgIpc) is 3.02. The first kappa shape index (κ1) is 16.4. The van der Waals surface area contributed by atoms with E-state index in [0.29, 0.717) is 18.7 Å². The number of carbonyl (C=O) groups excluding carboxylic acids is 1. The molecule has 21 heavy (non-hydrogen) atoms. The van der Waals surface area contributed by atoms with Crippen LogP contribution in [0, 0.1) is 12.8 Å². The molecular formula is C13H19NO5S2. The van der Waals surface area contributed by atoms with Crippen molar-refractivity contribution in [2.24, 2.45) is 5.92 Å². The van der Waals surface area contributed by atoms with Gasteiger partial charge in [-0.1, -0.05) is 0 Å². The number of sulfonamides is 1. The van der Waals surface area contributed by atoms with E-state index in [-0.39, 0.29) is 21.8 Å². The van der Waals surface area contributed by atoms with E-state index in [1.807, 2.05) is 6.92 Å². The van der Waals surface area contributed by atoms with Crippen LogP contribution in [0.15, 0.2) is 10.3 Å². The summed E-state index contributed by atoms with van der Waals surface area (Å²) < 4.78 is 37.6. The van der Waals surface area contributed by atoms with Gasteiger partial charge in [0.05, 0.1) is 13.2 Å². The van der Waals surface area contributed by atoms with Crippen LogP contribution in [0.5, 0.6) is 0 Å². The number of rotatable bonds is 5. The third-order valence-electron chi connectivity index (χ3n) is 3.63. The van der Waals surface area contributed by atoms with Crippen LogP contribution in [-0.4, -0.2) is 40.8 Å². The lowest BCUT2D eigenvalue weighted by molar-refractivity contribution is 0.0602. The number of hydrogen-bond acceptors (Lipinski definition) is 6. The second-order valence-corrected chi connectivity index (χ2v) is 7.63. The van der Waals surface area contributed by atoms with Gasteiger partial charge in [0.2, 0.25) is 10.0 Å². The third-order valence-corrected chi connectivity index (χ3v) is 6.44. The van der Waals surface area contributed by atoms with E-state index in [9.17, 15) is 13.2 Å². The van der Waals surface area contributed by atoms with Crippen LogP contribution in [-0.2, 0) is 19.5 Å². The van der Waals surface area contributed by atoms with Crippen molar-refractivity contribution >= 4 is 27.3 Å². The molecule has 1 fully saturated rings. The molecule has 2 atom stereocenters. The van der Waals surface area contributed by atoms with Gasteiger partial charge in [0.1, 0.15) is 9.77 Å². The van der Waals surface area contributed by atoms with Crippen molar-refractivity contribution in [2.45, 2.75) is 31.3 Å². The number of carbonyl (C=O) groups is 1. The van der Waals surface area contributed by atoms with Gasteiger partial charge in [-0.25, -0.2) is 17.9 Å². The topological polar surface area (TPSA) is 81.7 Å². The van der Waals surface area contributed by atoms with Gasteiger partial charge in [-0.3, -0.25) is 0 Å². The summed E-state index contributed by atoms with van der Waals surface area (Å²) in [4.78, 5) is 11.8. The first-order valence-electron chi connectivity index (χ1n) is 6.64. The zero-order valence-electron chi connectivity index (χ0n) is 12.2.